The van der Waals surface area contributed by atoms with Gasteiger partial charge in [-0.15, -0.1) is 11.3 Å². The summed E-state index contributed by atoms with van der Waals surface area (Å²) in [6.07, 6.45) is 6.30. The minimum atomic E-state index is -0.466. The molecule has 4 rings (SSSR count). The van der Waals surface area contributed by atoms with Crippen molar-refractivity contribution >= 4 is 33.2 Å². The lowest BCUT2D eigenvalue weighted by molar-refractivity contribution is -0.140. The van der Waals surface area contributed by atoms with E-state index in [9.17, 15) is 9.59 Å². The van der Waals surface area contributed by atoms with E-state index in [-0.39, 0.29) is 23.7 Å². The Balaban J connectivity index is 1.47. The molecule has 132 valence electrons. The van der Waals surface area contributed by atoms with Crippen LogP contribution in [0.4, 0.5) is 0 Å². The number of carbonyl (C=O) groups is 2. The molecule has 2 aromatic rings. The SMILES string of the molecule is N[C@H](C(=O)N1CC[C@H]1C(=O)c1nc2ccccc2s1)C1CCCCC1. The fraction of sp³-hybridized carbons (Fsp3) is 0.526. The number of benzene rings is 1. The van der Waals surface area contributed by atoms with Crippen LogP contribution in [-0.2, 0) is 4.79 Å². The highest BCUT2D eigenvalue weighted by atomic mass is 32.1. The van der Waals surface area contributed by atoms with Crippen molar-refractivity contribution in [2.45, 2.75) is 50.6 Å². The van der Waals surface area contributed by atoms with Crippen molar-refractivity contribution in [1.82, 2.24) is 9.88 Å². The highest BCUT2D eigenvalue weighted by molar-refractivity contribution is 7.20. The van der Waals surface area contributed by atoms with Crippen molar-refractivity contribution in [2.75, 3.05) is 6.54 Å². The number of aromatic nitrogens is 1. The zero-order valence-corrected chi connectivity index (χ0v) is 15.0. The van der Waals surface area contributed by atoms with Crippen LogP contribution in [0.25, 0.3) is 10.2 Å². The van der Waals surface area contributed by atoms with E-state index in [0.29, 0.717) is 18.0 Å². The second kappa shape index (κ2) is 6.84. The number of thiazole rings is 1. The smallest absolute Gasteiger partial charge is 0.240 e. The Bertz CT molecular complexity index is 764. The summed E-state index contributed by atoms with van der Waals surface area (Å²) in [5.41, 5.74) is 7.09. The highest BCUT2D eigenvalue weighted by Crippen LogP contribution is 2.31. The fourth-order valence-corrected chi connectivity index (χ4v) is 4.88. The Morgan fingerprint density at radius 2 is 1.92 bits per heavy atom. The Kier molecular flexibility index (Phi) is 4.56. The first kappa shape index (κ1) is 16.7. The molecule has 25 heavy (non-hydrogen) atoms. The molecule has 0 radical (unpaired) electrons. The number of amides is 1. The van der Waals surface area contributed by atoms with Gasteiger partial charge < -0.3 is 10.6 Å². The van der Waals surface area contributed by atoms with Crippen molar-refractivity contribution in [3.05, 3.63) is 29.3 Å². The zero-order chi connectivity index (χ0) is 17.4. The van der Waals surface area contributed by atoms with Gasteiger partial charge in [0, 0.05) is 6.54 Å². The van der Waals surface area contributed by atoms with Crippen LogP contribution in [0.15, 0.2) is 24.3 Å². The lowest BCUT2D eigenvalue weighted by Crippen LogP contribution is -2.60. The molecule has 5 nitrogen and oxygen atoms in total. The molecule has 0 spiro atoms. The molecule has 1 saturated carbocycles. The summed E-state index contributed by atoms with van der Waals surface area (Å²) >= 11 is 1.40. The van der Waals surface area contributed by atoms with Gasteiger partial charge in [0.25, 0.3) is 0 Å². The average Bonchev–Trinajstić information content (AvgIpc) is 3.05. The van der Waals surface area contributed by atoms with Gasteiger partial charge in [0.1, 0.15) is 0 Å². The monoisotopic (exact) mass is 357 g/mol. The number of para-hydroxylation sites is 1. The van der Waals surface area contributed by atoms with Gasteiger partial charge in [-0.1, -0.05) is 31.4 Å². The van der Waals surface area contributed by atoms with Gasteiger partial charge in [0.15, 0.2) is 5.01 Å². The summed E-state index contributed by atoms with van der Waals surface area (Å²) in [7, 11) is 0. The molecule has 1 saturated heterocycles. The molecule has 1 aromatic carbocycles. The maximum absolute atomic E-state index is 12.8. The summed E-state index contributed by atoms with van der Waals surface area (Å²) < 4.78 is 1.00. The molecule has 1 aliphatic heterocycles. The lowest BCUT2D eigenvalue weighted by atomic mass is 9.83. The minimum absolute atomic E-state index is 0.0448. The van der Waals surface area contributed by atoms with Crippen LogP contribution in [0.2, 0.25) is 0 Å². The third-order valence-electron chi connectivity index (χ3n) is 5.55. The summed E-state index contributed by atoms with van der Waals surface area (Å²) in [6, 6.07) is 6.88. The van der Waals surface area contributed by atoms with Gasteiger partial charge in [-0.3, -0.25) is 9.59 Å². The van der Waals surface area contributed by atoms with Crippen molar-refractivity contribution in [2.24, 2.45) is 11.7 Å². The van der Waals surface area contributed by atoms with E-state index in [1.807, 2.05) is 24.3 Å². The molecule has 2 fully saturated rings. The molecule has 2 atom stereocenters. The minimum Gasteiger partial charge on any atom is -0.331 e. The number of hydrogen-bond donors (Lipinski definition) is 1. The first-order chi connectivity index (χ1) is 12.1. The Morgan fingerprint density at radius 3 is 2.60 bits per heavy atom. The molecule has 0 unspecified atom stereocenters. The summed E-state index contributed by atoms with van der Waals surface area (Å²) in [5, 5.41) is 0.495. The molecule has 1 aliphatic carbocycles. The number of nitrogens with two attached hydrogens (primary N) is 1. The standard InChI is InChI=1S/C19H23N3O2S/c20-16(12-6-2-1-3-7-12)19(24)22-11-10-14(22)17(23)18-21-13-8-4-5-9-15(13)25-18/h4-5,8-9,12,14,16H,1-3,6-7,10-11,20H2/t14-,16-/m0/s1. The maximum Gasteiger partial charge on any atom is 0.240 e. The molecule has 2 heterocycles. The number of nitrogens with zero attached hydrogens (tertiary/aromatic N) is 2. The van der Waals surface area contributed by atoms with E-state index in [2.05, 4.69) is 4.98 Å². The number of hydrogen-bond acceptors (Lipinski definition) is 5. The zero-order valence-electron chi connectivity index (χ0n) is 14.2. The van der Waals surface area contributed by atoms with Crippen LogP contribution in [0.1, 0.15) is 48.3 Å². The number of Topliss-reactive ketones (excluding diaryl/α,β-unsaturated/α-hetero) is 1. The van der Waals surface area contributed by atoms with Crippen molar-refractivity contribution in [1.29, 1.82) is 0 Å². The number of rotatable bonds is 4. The second-order valence-electron chi connectivity index (χ2n) is 7.11. The first-order valence-corrected chi connectivity index (χ1v) is 9.92. The van der Waals surface area contributed by atoms with Crippen LogP contribution in [0.5, 0.6) is 0 Å². The molecule has 6 heteroatoms. The van der Waals surface area contributed by atoms with E-state index < -0.39 is 6.04 Å². The maximum atomic E-state index is 12.8. The fourth-order valence-electron chi connectivity index (χ4n) is 3.93. The van der Waals surface area contributed by atoms with Gasteiger partial charge in [-0.2, -0.15) is 0 Å². The molecule has 2 N–H and O–H groups in total. The highest BCUT2D eigenvalue weighted by Gasteiger charge is 2.42. The Morgan fingerprint density at radius 1 is 1.16 bits per heavy atom. The van der Waals surface area contributed by atoms with Gasteiger partial charge in [-0.25, -0.2) is 4.98 Å². The molecular formula is C19H23N3O2S. The Labute approximate surface area is 151 Å². The van der Waals surface area contributed by atoms with Crippen LogP contribution in [-0.4, -0.2) is 40.2 Å². The number of likely N-dealkylation sites (tertiary alicyclic amines) is 1. The normalized spacial score (nSPS) is 22.6. The van der Waals surface area contributed by atoms with Crippen LogP contribution >= 0.6 is 11.3 Å². The van der Waals surface area contributed by atoms with Crippen molar-refractivity contribution < 1.29 is 9.59 Å². The predicted octanol–water partition coefficient (Wildman–Crippen LogP) is 2.99. The lowest BCUT2D eigenvalue weighted by Gasteiger charge is -2.42. The van der Waals surface area contributed by atoms with E-state index in [4.69, 9.17) is 5.73 Å². The van der Waals surface area contributed by atoms with Gasteiger partial charge in [0.2, 0.25) is 11.7 Å². The summed E-state index contributed by atoms with van der Waals surface area (Å²) in [6.45, 7) is 0.626. The molecule has 1 aromatic heterocycles. The average molecular weight is 357 g/mol. The van der Waals surface area contributed by atoms with Crippen LogP contribution in [0.3, 0.4) is 0 Å². The van der Waals surface area contributed by atoms with E-state index in [0.717, 1.165) is 35.9 Å². The first-order valence-electron chi connectivity index (χ1n) is 9.11. The van der Waals surface area contributed by atoms with E-state index in [1.54, 1.807) is 4.90 Å². The molecule has 1 amide bonds. The van der Waals surface area contributed by atoms with Crippen molar-refractivity contribution in [3.8, 4) is 0 Å². The quantitative estimate of drug-likeness (QED) is 0.854. The number of carbonyl (C=O) groups excluding carboxylic acids is 2. The van der Waals surface area contributed by atoms with Gasteiger partial charge >= 0.3 is 0 Å². The third kappa shape index (κ3) is 3.09. The largest absolute Gasteiger partial charge is 0.331 e. The summed E-state index contributed by atoms with van der Waals surface area (Å²) in [5.74, 6) is 0.161. The Hall–Kier alpha value is -1.79. The van der Waals surface area contributed by atoms with Crippen molar-refractivity contribution in [3.63, 3.8) is 0 Å². The molecular weight excluding hydrogens is 334 g/mol. The topological polar surface area (TPSA) is 76.3 Å². The van der Waals surface area contributed by atoms with Gasteiger partial charge in [0.05, 0.1) is 22.3 Å². The van der Waals surface area contributed by atoms with E-state index >= 15 is 0 Å². The third-order valence-corrected chi connectivity index (χ3v) is 6.60. The van der Waals surface area contributed by atoms with Crippen LogP contribution < -0.4 is 5.73 Å². The van der Waals surface area contributed by atoms with Crippen LogP contribution in [0, 0.1) is 5.92 Å². The number of ketones is 1. The van der Waals surface area contributed by atoms with E-state index in [1.165, 1.54) is 17.8 Å². The molecule has 0 bridgehead atoms. The summed E-state index contributed by atoms with van der Waals surface area (Å²) in [4.78, 5) is 31.7. The number of fused-ring (bicyclic) bond motifs is 1. The molecule has 2 aliphatic rings. The van der Waals surface area contributed by atoms with Gasteiger partial charge in [-0.05, 0) is 37.3 Å². The second-order valence-corrected chi connectivity index (χ2v) is 8.14. The predicted molar refractivity (Wildman–Crippen MR) is 98.6 cm³/mol.